The fraction of sp³-hybridized carbons (Fsp3) is 0.391. The van der Waals surface area contributed by atoms with Crippen LogP contribution in [0.2, 0.25) is 0 Å². The van der Waals surface area contributed by atoms with Gasteiger partial charge in [0, 0.05) is 37.1 Å². The van der Waals surface area contributed by atoms with E-state index in [-0.39, 0.29) is 17.5 Å². The van der Waals surface area contributed by atoms with Crippen molar-refractivity contribution in [2.45, 2.75) is 6.42 Å². The molecule has 2 aliphatic heterocycles. The standard InChI is InChI=1S/C23H27N3O5S/c1-29-16-6-7-17(18(15-16)30-2)24-21-20(19-5-3-14-32-19)22(27)26(23(21)28)9-4-8-25-10-12-31-13-11-25/h3,5-7,14-15,24H,4,8-13H2,1-2H3. The molecule has 32 heavy (non-hydrogen) atoms. The van der Waals surface area contributed by atoms with Crippen molar-refractivity contribution in [2.75, 3.05) is 58.9 Å². The van der Waals surface area contributed by atoms with Crippen molar-refractivity contribution in [3.8, 4) is 11.5 Å². The molecular formula is C23H27N3O5S. The van der Waals surface area contributed by atoms with Gasteiger partial charge in [0.15, 0.2) is 0 Å². The lowest BCUT2D eigenvalue weighted by Crippen LogP contribution is -2.39. The Hall–Kier alpha value is -2.88. The van der Waals surface area contributed by atoms with Gasteiger partial charge in [0.25, 0.3) is 11.8 Å². The minimum atomic E-state index is -0.321. The Bertz CT molecular complexity index is 999. The van der Waals surface area contributed by atoms with Gasteiger partial charge in [-0.25, -0.2) is 0 Å². The van der Waals surface area contributed by atoms with E-state index >= 15 is 0 Å². The minimum absolute atomic E-state index is 0.269. The summed E-state index contributed by atoms with van der Waals surface area (Å²) in [5.41, 5.74) is 1.26. The van der Waals surface area contributed by atoms with Gasteiger partial charge in [-0.2, -0.15) is 0 Å². The minimum Gasteiger partial charge on any atom is -0.497 e. The SMILES string of the molecule is COc1ccc(NC2=C(c3cccs3)C(=O)N(CCCN3CCOCC3)C2=O)c(OC)c1. The van der Waals surface area contributed by atoms with Crippen LogP contribution in [0.5, 0.6) is 11.5 Å². The molecule has 0 aliphatic carbocycles. The maximum Gasteiger partial charge on any atom is 0.278 e. The number of amides is 2. The Kier molecular flexibility index (Phi) is 7.09. The molecule has 0 unspecified atom stereocenters. The molecule has 0 radical (unpaired) electrons. The highest BCUT2D eigenvalue weighted by Crippen LogP contribution is 2.36. The van der Waals surface area contributed by atoms with E-state index in [9.17, 15) is 9.59 Å². The molecule has 2 aromatic rings. The van der Waals surface area contributed by atoms with Crippen LogP contribution in [0.1, 0.15) is 11.3 Å². The molecule has 1 saturated heterocycles. The van der Waals surface area contributed by atoms with Gasteiger partial charge >= 0.3 is 0 Å². The van der Waals surface area contributed by atoms with Gasteiger partial charge in [-0.15, -0.1) is 11.3 Å². The number of nitrogens with one attached hydrogen (secondary N) is 1. The van der Waals surface area contributed by atoms with E-state index in [4.69, 9.17) is 14.2 Å². The van der Waals surface area contributed by atoms with Crippen molar-refractivity contribution < 1.29 is 23.8 Å². The zero-order chi connectivity index (χ0) is 22.5. The molecule has 0 saturated carbocycles. The molecule has 2 amide bonds. The highest BCUT2D eigenvalue weighted by atomic mass is 32.1. The van der Waals surface area contributed by atoms with E-state index in [1.165, 1.54) is 16.2 Å². The molecule has 0 bridgehead atoms. The van der Waals surface area contributed by atoms with Crippen LogP contribution in [0.3, 0.4) is 0 Å². The molecule has 1 N–H and O–H groups in total. The number of carbonyl (C=O) groups excluding carboxylic acids is 2. The maximum atomic E-state index is 13.3. The normalized spacial score (nSPS) is 17.2. The second-order valence-electron chi connectivity index (χ2n) is 7.49. The van der Waals surface area contributed by atoms with Crippen molar-refractivity contribution in [3.05, 3.63) is 46.3 Å². The van der Waals surface area contributed by atoms with Gasteiger partial charge in [-0.3, -0.25) is 19.4 Å². The Balaban J connectivity index is 1.55. The number of morpholine rings is 1. The highest BCUT2D eigenvalue weighted by Gasteiger charge is 2.39. The zero-order valence-corrected chi connectivity index (χ0v) is 19.1. The molecule has 1 aromatic carbocycles. The predicted molar refractivity (Wildman–Crippen MR) is 123 cm³/mol. The lowest BCUT2D eigenvalue weighted by molar-refractivity contribution is -0.136. The Labute approximate surface area is 191 Å². The van der Waals surface area contributed by atoms with Crippen LogP contribution in [-0.2, 0) is 14.3 Å². The number of carbonyl (C=O) groups is 2. The summed E-state index contributed by atoms with van der Waals surface area (Å²) in [6.07, 6.45) is 0.717. The number of thiophene rings is 1. The summed E-state index contributed by atoms with van der Waals surface area (Å²) in [7, 11) is 3.13. The first-order valence-electron chi connectivity index (χ1n) is 10.6. The van der Waals surface area contributed by atoms with Gasteiger partial charge in [-0.1, -0.05) is 6.07 Å². The topological polar surface area (TPSA) is 80.3 Å². The Morgan fingerprint density at radius 2 is 1.88 bits per heavy atom. The largest absolute Gasteiger partial charge is 0.497 e. The summed E-state index contributed by atoms with van der Waals surface area (Å²) in [6, 6.07) is 9.01. The summed E-state index contributed by atoms with van der Waals surface area (Å²) in [5.74, 6) is 0.569. The first kappa shape index (κ1) is 22.3. The van der Waals surface area contributed by atoms with Crippen LogP contribution >= 0.6 is 11.3 Å². The quantitative estimate of drug-likeness (QED) is 0.580. The third-order valence-corrected chi connectivity index (χ3v) is 6.45. The number of methoxy groups -OCH3 is 2. The Morgan fingerprint density at radius 1 is 1.06 bits per heavy atom. The van der Waals surface area contributed by atoms with Gasteiger partial charge in [-0.05, 0) is 30.0 Å². The molecule has 1 fully saturated rings. The first-order chi connectivity index (χ1) is 15.6. The number of nitrogens with zero attached hydrogens (tertiary/aromatic N) is 2. The summed E-state index contributed by atoms with van der Waals surface area (Å²) in [4.78, 5) is 31.0. The molecule has 0 spiro atoms. The Morgan fingerprint density at radius 3 is 2.56 bits per heavy atom. The van der Waals surface area contributed by atoms with Crippen LogP contribution < -0.4 is 14.8 Å². The van der Waals surface area contributed by atoms with E-state index in [0.717, 1.165) is 37.7 Å². The van der Waals surface area contributed by atoms with Gasteiger partial charge in [0.1, 0.15) is 17.2 Å². The van der Waals surface area contributed by atoms with Gasteiger partial charge in [0.05, 0.1) is 38.7 Å². The smallest absolute Gasteiger partial charge is 0.278 e. The molecule has 170 valence electrons. The molecule has 4 rings (SSSR count). The molecule has 2 aliphatic rings. The summed E-state index contributed by atoms with van der Waals surface area (Å²) < 4.78 is 16.1. The van der Waals surface area contributed by atoms with Crippen molar-refractivity contribution in [1.29, 1.82) is 0 Å². The highest BCUT2D eigenvalue weighted by molar-refractivity contribution is 7.11. The first-order valence-corrected chi connectivity index (χ1v) is 11.4. The number of hydrogen-bond donors (Lipinski definition) is 1. The fourth-order valence-electron chi connectivity index (χ4n) is 3.86. The van der Waals surface area contributed by atoms with Gasteiger partial charge in [0.2, 0.25) is 0 Å². The van der Waals surface area contributed by atoms with Crippen LogP contribution in [0, 0.1) is 0 Å². The van der Waals surface area contributed by atoms with Crippen molar-refractivity contribution in [3.63, 3.8) is 0 Å². The molecule has 9 heteroatoms. The lowest BCUT2D eigenvalue weighted by atomic mass is 10.1. The van der Waals surface area contributed by atoms with E-state index in [1.54, 1.807) is 32.4 Å². The van der Waals surface area contributed by atoms with Crippen LogP contribution in [0.15, 0.2) is 41.4 Å². The maximum absolute atomic E-state index is 13.3. The second-order valence-corrected chi connectivity index (χ2v) is 8.44. The lowest BCUT2D eigenvalue weighted by Gasteiger charge is -2.27. The van der Waals surface area contributed by atoms with Crippen LogP contribution in [-0.4, -0.2) is 75.2 Å². The van der Waals surface area contributed by atoms with Crippen LogP contribution in [0.4, 0.5) is 5.69 Å². The number of ether oxygens (including phenoxy) is 3. The average molecular weight is 458 g/mol. The van der Waals surface area contributed by atoms with Gasteiger partial charge < -0.3 is 19.5 Å². The summed E-state index contributed by atoms with van der Waals surface area (Å²) in [6.45, 7) is 4.40. The second kappa shape index (κ2) is 10.2. The number of benzene rings is 1. The third-order valence-electron chi connectivity index (χ3n) is 5.56. The van der Waals surface area contributed by atoms with Crippen LogP contribution in [0.25, 0.3) is 5.57 Å². The van der Waals surface area contributed by atoms with Crippen molar-refractivity contribution >= 4 is 34.4 Å². The molecular weight excluding hydrogens is 430 g/mol. The molecule has 0 atom stereocenters. The average Bonchev–Trinajstić information content (AvgIpc) is 3.43. The number of hydrogen-bond acceptors (Lipinski definition) is 8. The molecule has 1 aromatic heterocycles. The zero-order valence-electron chi connectivity index (χ0n) is 18.3. The van der Waals surface area contributed by atoms with Crippen molar-refractivity contribution in [2.24, 2.45) is 0 Å². The third kappa shape index (κ3) is 4.64. The van der Waals surface area contributed by atoms with Crippen molar-refractivity contribution in [1.82, 2.24) is 9.80 Å². The van der Waals surface area contributed by atoms with E-state index in [1.807, 2.05) is 17.5 Å². The van der Waals surface area contributed by atoms with E-state index in [2.05, 4.69) is 10.2 Å². The fourth-order valence-corrected chi connectivity index (χ4v) is 4.63. The number of imide groups is 1. The molecule has 3 heterocycles. The number of rotatable bonds is 9. The predicted octanol–water partition coefficient (Wildman–Crippen LogP) is 2.68. The summed E-state index contributed by atoms with van der Waals surface area (Å²) in [5, 5.41) is 5.06. The summed E-state index contributed by atoms with van der Waals surface area (Å²) >= 11 is 1.43. The molecule has 8 nitrogen and oxygen atoms in total. The van der Waals surface area contributed by atoms with E-state index in [0.29, 0.717) is 35.7 Å². The monoisotopic (exact) mass is 457 g/mol. The van der Waals surface area contributed by atoms with E-state index < -0.39 is 0 Å². The number of anilines is 1.